The second-order valence-electron chi connectivity index (χ2n) is 11.1. The summed E-state index contributed by atoms with van der Waals surface area (Å²) in [4.78, 5) is 20.3. The summed E-state index contributed by atoms with van der Waals surface area (Å²) >= 11 is 0. The van der Waals surface area contributed by atoms with Gasteiger partial charge in [0.15, 0.2) is 0 Å². The Labute approximate surface area is 252 Å². The number of nitrogens with zero attached hydrogens (tertiary/aromatic N) is 2. The molecule has 0 spiro atoms. The van der Waals surface area contributed by atoms with E-state index in [-0.39, 0.29) is 5.91 Å². The summed E-state index contributed by atoms with van der Waals surface area (Å²) < 4.78 is 5.38. The van der Waals surface area contributed by atoms with Crippen molar-refractivity contribution in [3.63, 3.8) is 0 Å². The topological polar surface area (TPSA) is 80.0 Å². The Hall–Kier alpha value is -4.16. The van der Waals surface area contributed by atoms with E-state index in [1.807, 2.05) is 49.4 Å². The Morgan fingerprint density at radius 3 is 2.26 bits per heavy atom. The zero-order valence-electron chi connectivity index (χ0n) is 26.0. The van der Waals surface area contributed by atoms with Crippen LogP contribution in [0.4, 0.5) is 0 Å². The van der Waals surface area contributed by atoms with Gasteiger partial charge in [0.25, 0.3) is 0 Å². The van der Waals surface area contributed by atoms with Crippen molar-refractivity contribution in [3.05, 3.63) is 119 Å². The minimum atomic E-state index is -1.05. The van der Waals surface area contributed by atoms with Crippen molar-refractivity contribution in [2.75, 3.05) is 14.2 Å². The molecule has 222 valence electrons. The minimum absolute atomic E-state index is 0.242. The zero-order valence-corrected chi connectivity index (χ0v) is 26.0. The smallest absolute Gasteiger partial charge is 0.240 e. The largest absolute Gasteiger partial charge is 0.497 e. The molecular weight excluding hydrogens is 520 g/mol. The molecule has 1 atom stereocenters. The number of aryl methyl sites for hydroxylation is 2. The van der Waals surface area contributed by atoms with Crippen LogP contribution in [0.3, 0.4) is 0 Å². The van der Waals surface area contributed by atoms with E-state index in [9.17, 15) is 4.79 Å². The van der Waals surface area contributed by atoms with Gasteiger partial charge in [-0.05, 0) is 80.5 Å². The number of amidine groups is 1. The van der Waals surface area contributed by atoms with Crippen LogP contribution in [0.2, 0.25) is 0 Å². The fraction of sp³-hybridized carbons (Fsp3) is 0.333. The van der Waals surface area contributed by atoms with Gasteiger partial charge in [0, 0.05) is 25.7 Å². The van der Waals surface area contributed by atoms with Crippen molar-refractivity contribution in [2.45, 2.75) is 65.1 Å². The predicted octanol–water partition coefficient (Wildman–Crippen LogP) is 6.70. The van der Waals surface area contributed by atoms with Crippen molar-refractivity contribution in [3.8, 4) is 5.75 Å². The highest BCUT2D eigenvalue weighted by Crippen LogP contribution is 2.27. The van der Waals surface area contributed by atoms with E-state index in [2.05, 4.69) is 66.2 Å². The fourth-order valence-electron chi connectivity index (χ4n) is 4.89. The maximum atomic E-state index is 13.3. The molecule has 42 heavy (non-hydrogen) atoms. The number of carbonyl (C=O) groups is 1. The maximum Gasteiger partial charge on any atom is 0.240 e. The van der Waals surface area contributed by atoms with Crippen LogP contribution in [0.5, 0.6) is 5.75 Å². The number of rotatable bonds is 13. The summed E-state index contributed by atoms with van der Waals surface area (Å²) in [6.45, 7) is 12.6. The van der Waals surface area contributed by atoms with Gasteiger partial charge >= 0.3 is 0 Å². The van der Waals surface area contributed by atoms with E-state index < -0.39 is 11.6 Å². The molecule has 0 saturated carbocycles. The number of methoxy groups -OCH3 is 1. The van der Waals surface area contributed by atoms with E-state index in [4.69, 9.17) is 15.5 Å². The Kier molecular flexibility index (Phi) is 11.7. The minimum Gasteiger partial charge on any atom is -0.497 e. The number of allylic oxidation sites excluding steroid dienone is 2. The van der Waals surface area contributed by atoms with Crippen LogP contribution in [0.1, 0.15) is 55.9 Å². The molecule has 3 aromatic rings. The molecule has 0 heterocycles. The van der Waals surface area contributed by atoms with Crippen LogP contribution in [0, 0.1) is 6.92 Å². The first kappa shape index (κ1) is 32.4. The monoisotopic (exact) mass is 566 g/mol. The molecule has 0 saturated heterocycles. The van der Waals surface area contributed by atoms with Gasteiger partial charge in [-0.25, -0.2) is 0 Å². The van der Waals surface area contributed by atoms with Crippen LogP contribution in [-0.2, 0) is 17.8 Å². The third-order valence-corrected chi connectivity index (χ3v) is 7.40. The summed E-state index contributed by atoms with van der Waals surface area (Å²) in [7, 11) is 3.44. The number of hydrogen-bond donors (Lipinski definition) is 2. The van der Waals surface area contributed by atoms with Gasteiger partial charge < -0.3 is 20.7 Å². The molecule has 0 radical (unpaired) electrons. The van der Waals surface area contributed by atoms with Gasteiger partial charge in [-0.2, -0.15) is 0 Å². The van der Waals surface area contributed by atoms with Crippen LogP contribution in [0.15, 0.2) is 102 Å². The summed E-state index contributed by atoms with van der Waals surface area (Å²) in [5.74, 6) is 1.28. The predicted molar refractivity (Wildman–Crippen MR) is 175 cm³/mol. The molecule has 3 N–H and O–H groups in total. The van der Waals surface area contributed by atoms with Crippen molar-refractivity contribution in [1.82, 2.24) is 10.2 Å². The average Bonchev–Trinajstić information content (AvgIpc) is 2.99. The molecule has 0 aliphatic rings. The maximum absolute atomic E-state index is 13.3. The molecule has 0 aromatic heterocycles. The second kappa shape index (κ2) is 15.2. The van der Waals surface area contributed by atoms with E-state index in [1.165, 1.54) is 11.1 Å². The third kappa shape index (κ3) is 8.92. The summed E-state index contributed by atoms with van der Waals surface area (Å²) in [5, 5.41) is 3.24. The molecular formula is C36H46N4O2. The molecule has 6 heteroatoms. The standard InChI is InChI=1S/C36H46N4O2/c1-8-30(32-17-13-12-14-26(32)2)24-33(39-35(41)36(4,5)37)34(38-6)40(25-29-20-22-31(42-7)23-21-29)27(3)18-19-28-15-10-9-11-16-28/h8-17,20-23,33H,3,18-19,24-25,37H2,1-2,4-7H3,(H,39,41)/b30-8-,38-34-/t33-/m0/s1. The van der Waals surface area contributed by atoms with Gasteiger partial charge in [-0.1, -0.05) is 79.4 Å². The van der Waals surface area contributed by atoms with Gasteiger partial charge in [0.2, 0.25) is 5.91 Å². The summed E-state index contributed by atoms with van der Waals surface area (Å²) in [5.41, 5.74) is 11.9. The number of benzene rings is 3. The third-order valence-electron chi connectivity index (χ3n) is 7.40. The number of nitrogens with two attached hydrogens (primary N) is 1. The number of ether oxygens (including phenoxy) is 1. The molecule has 3 rings (SSSR count). The molecule has 3 aromatic carbocycles. The van der Waals surface area contributed by atoms with Crippen LogP contribution in [-0.4, -0.2) is 42.4 Å². The van der Waals surface area contributed by atoms with E-state index in [1.54, 1.807) is 28.0 Å². The lowest BCUT2D eigenvalue weighted by Crippen LogP contribution is -2.56. The lowest BCUT2D eigenvalue weighted by atomic mass is 9.93. The number of hydrogen-bond acceptors (Lipinski definition) is 4. The summed E-state index contributed by atoms with van der Waals surface area (Å²) in [6.07, 6.45) is 4.23. The average molecular weight is 567 g/mol. The van der Waals surface area contributed by atoms with E-state index in [0.29, 0.717) is 13.0 Å². The first-order valence-electron chi connectivity index (χ1n) is 14.5. The Bertz CT molecular complexity index is 1390. The molecule has 0 bridgehead atoms. The van der Waals surface area contributed by atoms with Gasteiger partial charge in [-0.15, -0.1) is 0 Å². The van der Waals surface area contributed by atoms with Gasteiger partial charge in [0.05, 0.1) is 18.7 Å². The van der Waals surface area contributed by atoms with Crippen LogP contribution < -0.4 is 15.8 Å². The number of nitrogens with one attached hydrogen (secondary N) is 1. The van der Waals surface area contributed by atoms with Crippen molar-refractivity contribution in [2.24, 2.45) is 10.7 Å². The lowest BCUT2D eigenvalue weighted by Gasteiger charge is -2.35. The first-order chi connectivity index (χ1) is 20.1. The highest BCUT2D eigenvalue weighted by Gasteiger charge is 2.31. The number of carbonyl (C=O) groups excluding carboxylic acids is 1. The molecule has 1 amide bonds. The lowest BCUT2D eigenvalue weighted by molar-refractivity contribution is -0.125. The zero-order chi connectivity index (χ0) is 30.7. The van der Waals surface area contributed by atoms with Gasteiger partial charge in [0.1, 0.15) is 11.6 Å². The molecule has 0 aliphatic carbocycles. The number of aliphatic imine (C=N–C) groups is 1. The quantitative estimate of drug-likeness (QED) is 0.178. The van der Waals surface area contributed by atoms with Crippen LogP contribution >= 0.6 is 0 Å². The fourth-order valence-corrected chi connectivity index (χ4v) is 4.89. The molecule has 0 aliphatic heterocycles. The molecule has 6 nitrogen and oxygen atoms in total. The summed E-state index contributed by atoms with van der Waals surface area (Å²) in [6, 6.07) is 26.2. The molecule has 0 fully saturated rings. The van der Waals surface area contributed by atoms with Crippen LogP contribution in [0.25, 0.3) is 5.57 Å². The Morgan fingerprint density at radius 1 is 1.05 bits per heavy atom. The molecule has 0 unspecified atom stereocenters. The Morgan fingerprint density at radius 2 is 1.69 bits per heavy atom. The Balaban J connectivity index is 2.03. The number of amides is 1. The van der Waals surface area contributed by atoms with Gasteiger partial charge in [-0.3, -0.25) is 9.79 Å². The van der Waals surface area contributed by atoms with Crippen molar-refractivity contribution >= 4 is 17.3 Å². The normalized spacial score (nSPS) is 12.9. The van der Waals surface area contributed by atoms with Crippen molar-refractivity contribution in [1.29, 1.82) is 0 Å². The van der Waals surface area contributed by atoms with E-state index >= 15 is 0 Å². The van der Waals surface area contributed by atoms with E-state index in [0.717, 1.165) is 46.8 Å². The highest BCUT2D eigenvalue weighted by atomic mass is 16.5. The van der Waals surface area contributed by atoms with Crippen molar-refractivity contribution < 1.29 is 9.53 Å². The highest BCUT2D eigenvalue weighted by molar-refractivity contribution is 5.96. The first-order valence-corrected chi connectivity index (χ1v) is 14.5. The SMILES string of the molecule is C=C(CCc1ccccc1)N(Cc1ccc(OC)cc1)/C(=N\C)[C@H](C/C(=C/C)c1ccccc1C)NC(=O)C(C)(C)N. The second-order valence-corrected chi connectivity index (χ2v) is 11.1.